The third kappa shape index (κ3) is 2.51. The van der Waals surface area contributed by atoms with Crippen LogP contribution in [0.3, 0.4) is 0 Å². The van der Waals surface area contributed by atoms with Crippen molar-refractivity contribution in [1.29, 1.82) is 0 Å². The van der Waals surface area contributed by atoms with Gasteiger partial charge in [0.05, 0.1) is 12.5 Å². The molecule has 110 valence electrons. The molecule has 0 spiro atoms. The molecule has 1 nitrogen and oxygen atoms in total. The molecule has 0 amide bonds. The van der Waals surface area contributed by atoms with Crippen molar-refractivity contribution in [2.45, 2.75) is 6.92 Å². The Bertz CT molecular complexity index is 1200. The number of hydrogen-bond donors (Lipinski definition) is 0. The van der Waals surface area contributed by atoms with Crippen molar-refractivity contribution in [2.75, 3.05) is 0 Å². The molecule has 0 saturated carbocycles. The van der Waals surface area contributed by atoms with Crippen LogP contribution in [0.15, 0.2) is 84.9 Å². The maximum atomic E-state index is 8.19. The molecule has 0 aliphatic rings. The third-order valence-electron chi connectivity index (χ3n) is 3.95. The van der Waals surface area contributed by atoms with Gasteiger partial charge in [0.15, 0.2) is 0 Å². The van der Waals surface area contributed by atoms with Gasteiger partial charge in [0.2, 0.25) is 0 Å². The van der Waals surface area contributed by atoms with E-state index >= 15 is 0 Å². The Balaban J connectivity index is 1.91. The Kier molecular flexibility index (Phi) is 2.29. The minimum Gasteiger partial charge on any atom is -0.256 e. The first kappa shape index (κ1) is 9.26. The van der Waals surface area contributed by atoms with Crippen LogP contribution in [-0.4, -0.2) is 4.98 Å². The van der Waals surface area contributed by atoms with Crippen molar-refractivity contribution < 1.29 is 6.85 Å². The second-order valence-electron chi connectivity index (χ2n) is 5.41. The fourth-order valence-corrected chi connectivity index (χ4v) is 2.80. The Labute approximate surface area is 143 Å². The van der Waals surface area contributed by atoms with E-state index < -0.39 is 6.04 Å². The lowest BCUT2D eigenvalue weighted by atomic mass is 9.98. The lowest BCUT2D eigenvalue weighted by Crippen LogP contribution is -1.90. The standard InChI is InChI=1S/C22H17N/c1-16-14-22(23-15-21(16)18-8-3-2-4-9-18)20-13-7-11-17-10-5-6-12-19(17)20/h2-15H,1H3/i2D,3D,4D,8D,9D. The van der Waals surface area contributed by atoms with E-state index in [0.717, 1.165) is 27.6 Å². The minimum absolute atomic E-state index is 0.181. The van der Waals surface area contributed by atoms with E-state index in [1.54, 1.807) is 6.20 Å². The maximum Gasteiger partial charge on any atom is 0.0711 e. The number of rotatable bonds is 2. The van der Waals surface area contributed by atoms with E-state index in [9.17, 15) is 0 Å². The largest absolute Gasteiger partial charge is 0.256 e. The summed E-state index contributed by atoms with van der Waals surface area (Å²) in [5.74, 6) is 0. The molecule has 0 saturated heterocycles. The number of benzene rings is 3. The summed E-state index contributed by atoms with van der Waals surface area (Å²) in [6.45, 7) is 1.87. The summed E-state index contributed by atoms with van der Waals surface area (Å²) in [5.41, 5.74) is 3.30. The monoisotopic (exact) mass is 300 g/mol. The van der Waals surface area contributed by atoms with Gasteiger partial charge in [0, 0.05) is 17.3 Å². The summed E-state index contributed by atoms with van der Waals surface area (Å²) in [6.07, 6.45) is 1.60. The van der Waals surface area contributed by atoms with Gasteiger partial charge in [-0.05, 0) is 34.9 Å². The quantitative estimate of drug-likeness (QED) is 0.450. The van der Waals surface area contributed by atoms with Gasteiger partial charge in [-0.1, -0.05) is 72.7 Å². The van der Waals surface area contributed by atoms with Crippen LogP contribution in [0, 0.1) is 6.92 Å². The molecule has 0 radical (unpaired) electrons. The lowest BCUT2D eigenvalue weighted by molar-refractivity contribution is 1.29. The average molecular weight is 300 g/mol. The Hall–Kier alpha value is -2.93. The van der Waals surface area contributed by atoms with Crippen LogP contribution in [0.5, 0.6) is 0 Å². The highest BCUT2D eigenvalue weighted by Crippen LogP contribution is 2.30. The van der Waals surface area contributed by atoms with Crippen molar-refractivity contribution in [3.05, 3.63) is 90.5 Å². The molecule has 0 aliphatic carbocycles. The zero-order valence-electron chi connectivity index (χ0n) is 17.6. The van der Waals surface area contributed by atoms with Crippen LogP contribution < -0.4 is 0 Å². The first-order valence-corrected chi connectivity index (χ1v) is 7.42. The zero-order chi connectivity index (χ0) is 20.0. The number of hydrogen-bond acceptors (Lipinski definition) is 1. The number of nitrogens with zero attached hydrogens (tertiary/aromatic N) is 1. The van der Waals surface area contributed by atoms with Crippen LogP contribution in [0.1, 0.15) is 12.4 Å². The topological polar surface area (TPSA) is 12.9 Å². The second kappa shape index (κ2) is 5.69. The zero-order valence-corrected chi connectivity index (χ0v) is 12.6. The van der Waals surface area contributed by atoms with Gasteiger partial charge >= 0.3 is 0 Å². The summed E-state index contributed by atoms with van der Waals surface area (Å²) >= 11 is 0. The number of pyridine rings is 1. The third-order valence-corrected chi connectivity index (χ3v) is 3.95. The Morgan fingerprint density at radius 1 is 0.870 bits per heavy atom. The summed E-state index contributed by atoms with van der Waals surface area (Å²) in [5, 5.41) is 2.21. The maximum absolute atomic E-state index is 8.19. The highest BCUT2D eigenvalue weighted by Gasteiger charge is 2.08. The normalized spacial score (nSPS) is 13.9. The number of aromatic nitrogens is 1. The smallest absolute Gasteiger partial charge is 0.0711 e. The van der Waals surface area contributed by atoms with Gasteiger partial charge in [-0.3, -0.25) is 4.98 Å². The average Bonchev–Trinajstić information content (AvgIpc) is 2.71. The summed E-state index contributed by atoms with van der Waals surface area (Å²) in [7, 11) is 0. The van der Waals surface area contributed by atoms with E-state index in [1.165, 1.54) is 0 Å². The van der Waals surface area contributed by atoms with Crippen LogP contribution >= 0.6 is 0 Å². The van der Waals surface area contributed by atoms with Crippen LogP contribution in [0.25, 0.3) is 33.2 Å². The molecule has 0 fully saturated rings. The minimum atomic E-state index is -0.392. The van der Waals surface area contributed by atoms with Gasteiger partial charge in [-0.2, -0.15) is 0 Å². The van der Waals surface area contributed by atoms with Crippen molar-refractivity contribution in [2.24, 2.45) is 0 Å². The summed E-state index contributed by atoms with van der Waals surface area (Å²) in [6, 6.07) is 14.5. The molecule has 4 rings (SSSR count). The van der Waals surface area contributed by atoms with Crippen LogP contribution in [-0.2, 0) is 0 Å². The first-order chi connectivity index (χ1) is 13.4. The molecule has 0 N–H and O–H groups in total. The molecule has 4 aromatic rings. The highest BCUT2D eigenvalue weighted by atomic mass is 14.7. The molecule has 3 aromatic carbocycles. The highest BCUT2D eigenvalue weighted by molar-refractivity contribution is 5.96. The van der Waals surface area contributed by atoms with Gasteiger partial charge in [0.1, 0.15) is 0 Å². The first-order valence-electron chi connectivity index (χ1n) is 9.92. The van der Waals surface area contributed by atoms with Gasteiger partial charge in [-0.15, -0.1) is 0 Å². The molecule has 1 heteroatoms. The predicted molar refractivity (Wildman–Crippen MR) is 97.4 cm³/mol. The van der Waals surface area contributed by atoms with E-state index in [4.69, 9.17) is 6.85 Å². The van der Waals surface area contributed by atoms with E-state index in [2.05, 4.69) is 4.98 Å². The molecule has 0 bridgehead atoms. The molecule has 0 aliphatic heterocycles. The molecular formula is C22H17N. The van der Waals surface area contributed by atoms with E-state index in [-0.39, 0.29) is 29.7 Å². The number of aryl methyl sites for hydroxylation is 1. The molecule has 23 heavy (non-hydrogen) atoms. The van der Waals surface area contributed by atoms with Crippen molar-refractivity contribution in [1.82, 2.24) is 4.98 Å². The second-order valence-corrected chi connectivity index (χ2v) is 5.41. The molecule has 0 atom stereocenters. The van der Waals surface area contributed by atoms with E-state index in [0.29, 0.717) is 5.56 Å². The van der Waals surface area contributed by atoms with E-state index in [1.807, 2.05) is 55.5 Å². The van der Waals surface area contributed by atoms with Crippen molar-refractivity contribution in [3.63, 3.8) is 0 Å². The fourth-order valence-electron chi connectivity index (χ4n) is 2.80. The molecule has 1 aromatic heterocycles. The SMILES string of the molecule is [2H]c1c([2H])c([2H])c(-c2cnc(-c3cccc4ccccc34)cc2C)c([2H])c1[2H]. The summed E-state index contributed by atoms with van der Waals surface area (Å²) < 4.78 is 39.9. The Morgan fingerprint density at radius 3 is 2.48 bits per heavy atom. The molecule has 1 heterocycles. The van der Waals surface area contributed by atoms with Crippen molar-refractivity contribution >= 4 is 10.8 Å². The Morgan fingerprint density at radius 2 is 1.65 bits per heavy atom. The van der Waals surface area contributed by atoms with Crippen LogP contribution in [0.4, 0.5) is 0 Å². The van der Waals surface area contributed by atoms with Gasteiger partial charge in [0.25, 0.3) is 0 Å². The predicted octanol–water partition coefficient (Wildman–Crippen LogP) is 5.88. The summed E-state index contributed by atoms with van der Waals surface area (Å²) in [4.78, 5) is 4.56. The van der Waals surface area contributed by atoms with Gasteiger partial charge in [-0.25, -0.2) is 0 Å². The lowest BCUT2D eigenvalue weighted by Gasteiger charge is -2.10. The molecular weight excluding hydrogens is 278 g/mol. The van der Waals surface area contributed by atoms with Gasteiger partial charge < -0.3 is 0 Å². The van der Waals surface area contributed by atoms with Crippen molar-refractivity contribution in [3.8, 4) is 22.4 Å². The molecule has 0 unspecified atom stereocenters. The van der Waals surface area contributed by atoms with Crippen LogP contribution in [0.2, 0.25) is 0 Å². The fraction of sp³-hybridized carbons (Fsp3) is 0.0455. The number of fused-ring (bicyclic) bond motifs is 1.